The van der Waals surface area contributed by atoms with E-state index in [0.29, 0.717) is 5.56 Å². The van der Waals surface area contributed by atoms with Gasteiger partial charge in [-0.15, -0.1) is 0 Å². The van der Waals surface area contributed by atoms with Gasteiger partial charge in [0.25, 0.3) is 0 Å². The summed E-state index contributed by atoms with van der Waals surface area (Å²) in [4.78, 5) is 12.2. The van der Waals surface area contributed by atoms with Gasteiger partial charge in [-0.2, -0.15) is 0 Å². The molecule has 3 heteroatoms. The smallest absolute Gasteiger partial charge is 0.187 e. The summed E-state index contributed by atoms with van der Waals surface area (Å²) in [5, 5.41) is 3.08. The molecule has 0 bridgehead atoms. The molecular formula is C22H19NO2. The fraction of sp³-hybridized carbons (Fsp3) is 0.0455. The van der Waals surface area contributed by atoms with Crippen molar-refractivity contribution in [2.75, 3.05) is 12.4 Å². The molecule has 0 saturated carbocycles. The molecule has 0 heterocycles. The van der Waals surface area contributed by atoms with Crippen LogP contribution >= 0.6 is 0 Å². The van der Waals surface area contributed by atoms with Crippen molar-refractivity contribution in [3.05, 3.63) is 96.7 Å². The van der Waals surface area contributed by atoms with Gasteiger partial charge in [-0.3, -0.25) is 4.79 Å². The van der Waals surface area contributed by atoms with Crippen molar-refractivity contribution < 1.29 is 9.53 Å². The summed E-state index contributed by atoms with van der Waals surface area (Å²) in [5.41, 5.74) is 3.78. The lowest BCUT2D eigenvalue weighted by Gasteiger charge is -2.03. The van der Waals surface area contributed by atoms with Crippen molar-refractivity contribution in [1.29, 1.82) is 0 Å². The predicted molar refractivity (Wildman–Crippen MR) is 102 cm³/mol. The molecule has 124 valence electrons. The summed E-state index contributed by atoms with van der Waals surface area (Å²) in [5.74, 6) is 0.754. The van der Waals surface area contributed by atoms with E-state index in [0.717, 1.165) is 22.6 Å². The van der Waals surface area contributed by atoms with Crippen LogP contribution in [0.15, 0.2) is 91.1 Å². The summed E-state index contributed by atoms with van der Waals surface area (Å²) in [7, 11) is 1.63. The van der Waals surface area contributed by atoms with Crippen LogP contribution in [0, 0.1) is 0 Å². The second-order valence-corrected chi connectivity index (χ2v) is 5.51. The molecule has 0 fully saturated rings. The minimum atomic E-state index is -0.0411. The van der Waals surface area contributed by atoms with Crippen LogP contribution in [0.25, 0.3) is 11.1 Å². The number of anilines is 1. The Morgan fingerprint density at radius 2 is 1.48 bits per heavy atom. The molecule has 0 aliphatic carbocycles. The fourth-order valence-electron chi connectivity index (χ4n) is 2.45. The average Bonchev–Trinajstić information content (AvgIpc) is 2.69. The van der Waals surface area contributed by atoms with Crippen LogP contribution in [0.2, 0.25) is 0 Å². The molecule has 0 atom stereocenters. The van der Waals surface area contributed by atoms with Gasteiger partial charge in [-0.1, -0.05) is 54.6 Å². The van der Waals surface area contributed by atoms with Gasteiger partial charge in [0.2, 0.25) is 0 Å². The summed E-state index contributed by atoms with van der Waals surface area (Å²) in [6, 6.07) is 25.2. The molecule has 0 aromatic heterocycles. The van der Waals surface area contributed by atoms with Gasteiger partial charge < -0.3 is 10.1 Å². The molecule has 3 nitrogen and oxygen atoms in total. The van der Waals surface area contributed by atoms with Crippen molar-refractivity contribution >= 4 is 11.5 Å². The quantitative estimate of drug-likeness (QED) is 0.501. The van der Waals surface area contributed by atoms with E-state index in [9.17, 15) is 4.79 Å². The number of rotatable bonds is 6. The largest absolute Gasteiger partial charge is 0.497 e. The number of ketones is 1. The van der Waals surface area contributed by atoms with Gasteiger partial charge >= 0.3 is 0 Å². The summed E-state index contributed by atoms with van der Waals surface area (Å²) < 4.78 is 5.11. The number of methoxy groups -OCH3 is 1. The zero-order valence-electron chi connectivity index (χ0n) is 14.0. The Balaban J connectivity index is 1.62. The van der Waals surface area contributed by atoms with E-state index in [1.165, 1.54) is 6.08 Å². The first-order chi connectivity index (χ1) is 12.3. The number of hydrogen-bond acceptors (Lipinski definition) is 3. The highest BCUT2D eigenvalue weighted by Crippen LogP contribution is 2.19. The minimum Gasteiger partial charge on any atom is -0.497 e. The Labute approximate surface area is 147 Å². The van der Waals surface area contributed by atoms with Crippen LogP contribution in [-0.4, -0.2) is 12.9 Å². The Hall–Kier alpha value is -3.33. The molecule has 3 aromatic carbocycles. The van der Waals surface area contributed by atoms with Gasteiger partial charge in [0.05, 0.1) is 7.11 Å². The first kappa shape index (κ1) is 16.5. The lowest BCUT2D eigenvalue weighted by Crippen LogP contribution is -1.96. The van der Waals surface area contributed by atoms with Gasteiger partial charge in [-0.25, -0.2) is 0 Å². The average molecular weight is 329 g/mol. The molecule has 1 N–H and O–H groups in total. The topological polar surface area (TPSA) is 38.3 Å². The SMILES string of the molecule is COc1ccc(NC=CC(=O)c2ccc(-c3ccccc3)cc2)cc1. The molecule has 0 spiro atoms. The molecule has 3 aromatic rings. The number of nitrogens with one attached hydrogen (secondary N) is 1. The number of allylic oxidation sites excluding steroid dienone is 1. The van der Waals surface area contributed by atoms with Crippen LogP contribution < -0.4 is 10.1 Å². The van der Waals surface area contributed by atoms with Crippen LogP contribution in [0.3, 0.4) is 0 Å². The molecular weight excluding hydrogens is 310 g/mol. The molecule has 0 radical (unpaired) electrons. The lowest BCUT2D eigenvalue weighted by atomic mass is 10.0. The number of ether oxygens (including phenoxy) is 1. The van der Waals surface area contributed by atoms with Gasteiger partial charge in [0.1, 0.15) is 5.75 Å². The number of carbonyl (C=O) groups is 1. The Morgan fingerprint density at radius 1 is 0.840 bits per heavy atom. The van der Waals surface area contributed by atoms with Crippen molar-refractivity contribution in [3.63, 3.8) is 0 Å². The second kappa shape index (κ2) is 7.97. The summed E-state index contributed by atoms with van der Waals surface area (Å²) in [6.07, 6.45) is 3.18. The number of hydrogen-bond donors (Lipinski definition) is 1. The molecule has 0 unspecified atom stereocenters. The normalized spacial score (nSPS) is 10.6. The van der Waals surface area contributed by atoms with E-state index in [-0.39, 0.29) is 5.78 Å². The highest BCUT2D eigenvalue weighted by atomic mass is 16.5. The van der Waals surface area contributed by atoms with Gasteiger partial charge in [0, 0.05) is 23.5 Å². The van der Waals surface area contributed by atoms with Crippen molar-refractivity contribution in [3.8, 4) is 16.9 Å². The van der Waals surface area contributed by atoms with E-state index in [2.05, 4.69) is 17.4 Å². The molecule has 0 aliphatic rings. The van der Waals surface area contributed by atoms with E-state index < -0.39 is 0 Å². The van der Waals surface area contributed by atoms with E-state index in [1.807, 2.05) is 66.7 Å². The zero-order chi connectivity index (χ0) is 17.5. The third-order valence-corrected chi connectivity index (χ3v) is 3.85. The van der Waals surface area contributed by atoms with Gasteiger partial charge in [0.15, 0.2) is 5.78 Å². The van der Waals surface area contributed by atoms with Crippen molar-refractivity contribution in [1.82, 2.24) is 0 Å². The first-order valence-corrected chi connectivity index (χ1v) is 8.03. The second-order valence-electron chi connectivity index (χ2n) is 5.51. The lowest BCUT2D eigenvalue weighted by molar-refractivity contribution is 0.104. The highest BCUT2D eigenvalue weighted by Gasteiger charge is 2.02. The highest BCUT2D eigenvalue weighted by molar-refractivity contribution is 6.04. The van der Waals surface area contributed by atoms with Crippen LogP contribution in [0.5, 0.6) is 5.75 Å². The van der Waals surface area contributed by atoms with Crippen molar-refractivity contribution in [2.45, 2.75) is 0 Å². The standard InChI is InChI=1S/C22H19NO2/c1-25-21-13-11-20(12-14-21)23-16-15-22(24)19-9-7-18(8-10-19)17-5-3-2-4-6-17/h2-16,23H,1H3. The monoisotopic (exact) mass is 329 g/mol. The van der Waals surface area contributed by atoms with E-state index in [1.54, 1.807) is 13.3 Å². The number of benzene rings is 3. The fourth-order valence-corrected chi connectivity index (χ4v) is 2.45. The van der Waals surface area contributed by atoms with Gasteiger partial charge in [-0.05, 0) is 35.4 Å². The predicted octanol–water partition coefficient (Wildman–Crippen LogP) is 5.17. The van der Waals surface area contributed by atoms with E-state index in [4.69, 9.17) is 4.74 Å². The Kier molecular flexibility index (Phi) is 5.27. The third kappa shape index (κ3) is 4.36. The minimum absolute atomic E-state index is 0.0411. The molecule has 3 rings (SSSR count). The Morgan fingerprint density at radius 3 is 2.12 bits per heavy atom. The molecule has 0 amide bonds. The Bertz CT molecular complexity index is 851. The maximum Gasteiger partial charge on any atom is 0.187 e. The third-order valence-electron chi connectivity index (χ3n) is 3.85. The maximum absolute atomic E-state index is 12.2. The summed E-state index contributed by atoms with van der Waals surface area (Å²) >= 11 is 0. The van der Waals surface area contributed by atoms with Crippen LogP contribution in [0.4, 0.5) is 5.69 Å². The maximum atomic E-state index is 12.2. The first-order valence-electron chi connectivity index (χ1n) is 8.03. The molecule has 25 heavy (non-hydrogen) atoms. The molecule has 0 aliphatic heterocycles. The van der Waals surface area contributed by atoms with Crippen molar-refractivity contribution in [2.24, 2.45) is 0 Å². The number of carbonyl (C=O) groups excluding carboxylic acids is 1. The van der Waals surface area contributed by atoms with Crippen LogP contribution in [-0.2, 0) is 0 Å². The van der Waals surface area contributed by atoms with E-state index >= 15 is 0 Å². The summed E-state index contributed by atoms with van der Waals surface area (Å²) in [6.45, 7) is 0. The zero-order valence-corrected chi connectivity index (χ0v) is 14.0. The van der Waals surface area contributed by atoms with Crippen LogP contribution in [0.1, 0.15) is 10.4 Å². The molecule has 0 saturated heterocycles.